The van der Waals surface area contributed by atoms with Gasteiger partial charge in [-0.15, -0.1) is 0 Å². The first-order chi connectivity index (χ1) is 11.9. The zero-order valence-electron chi connectivity index (χ0n) is 15.1. The molecular weight excluding hydrogens is 320 g/mol. The van der Waals surface area contributed by atoms with Crippen LogP contribution in [0.2, 0.25) is 0 Å². The lowest BCUT2D eigenvalue weighted by Crippen LogP contribution is -2.36. The van der Waals surface area contributed by atoms with Crippen molar-refractivity contribution in [2.24, 2.45) is 0 Å². The van der Waals surface area contributed by atoms with Gasteiger partial charge in [0.25, 0.3) is 5.88 Å². The molecule has 1 atom stereocenters. The van der Waals surface area contributed by atoms with Crippen molar-refractivity contribution in [1.82, 2.24) is 14.9 Å². The number of hydrogen-bond donors (Lipinski definition) is 1. The number of ether oxygens (including phenoxy) is 2. The minimum Gasteiger partial charge on any atom is -0.478 e. The summed E-state index contributed by atoms with van der Waals surface area (Å²) in [6, 6.07) is 7.73. The zero-order chi connectivity index (χ0) is 18.0. The highest BCUT2D eigenvalue weighted by Gasteiger charge is 2.30. The minimum atomic E-state index is -0.490. The second-order valence-corrected chi connectivity index (χ2v) is 7.13. The normalized spacial score (nSPS) is 17.6. The monoisotopic (exact) mass is 344 g/mol. The van der Waals surface area contributed by atoms with Gasteiger partial charge < -0.3 is 19.7 Å². The minimum absolute atomic E-state index is 0.0804. The van der Waals surface area contributed by atoms with E-state index >= 15 is 0 Å². The molecule has 7 heteroatoms. The number of rotatable bonds is 3. The second-order valence-electron chi connectivity index (χ2n) is 7.13. The average Bonchev–Trinajstić information content (AvgIpc) is 3.01. The third kappa shape index (κ3) is 4.10. The molecule has 0 spiro atoms. The maximum Gasteiger partial charge on any atom is 0.410 e. The Morgan fingerprint density at radius 3 is 2.56 bits per heavy atom. The lowest BCUT2D eigenvalue weighted by atomic mass is 10.2. The summed E-state index contributed by atoms with van der Waals surface area (Å²) in [5.41, 5.74) is 1.09. The molecule has 0 saturated carbocycles. The Labute approximate surface area is 147 Å². The van der Waals surface area contributed by atoms with Gasteiger partial charge in [0.05, 0.1) is 18.1 Å². The van der Waals surface area contributed by atoms with Crippen LogP contribution in [0.3, 0.4) is 0 Å². The number of hydrogen-bond acceptors (Lipinski definition) is 6. The Morgan fingerprint density at radius 2 is 1.92 bits per heavy atom. The molecule has 1 aromatic heterocycles. The van der Waals surface area contributed by atoms with Crippen molar-refractivity contribution in [3.8, 4) is 5.88 Å². The smallest absolute Gasteiger partial charge is 0.410 e. The van der Waals surface area contributed by atoms with E-state index < -0.39 is 5.60 Å². The first-order valence-corrected chi connectivity index (χ1v) is 8.41. The van der Waals surface area contributed by atoms with Gasteiger partial charge in [0.2, 0.25) is 0 Å². The number of nitrogens with zero attached hydrogens (tertiary/aromatic N) is 3. The van der Waals surface area contributed by atoms with Gasteiger partial charge in [-0.3, -0.25) is 0 Å². The van der Waals surface area contributed by atoms with E-state index in [1.807, 2.05) is 45.0 Å². The van der Waals surface area contributed by atoms with Gasteiger partial charge in [-0.2, -0.15) is 0 Å². The Morgan fingerprint density at radius 1 is 1.24 bits per heavy atom. The molecule has 1 aromatic carbocycles. The fourth-order valence-corrected chi connectivity index (χ4v) is 2.78. The molecule has 134 valence electrons. The van der Waals surface area contributed by atoms with E-state index in [2.05, 4.69) is 15.3 Å². The molecule has 7 nitrogen and oxygen atoms in total. The molecule has 0 unspecified atom stereocenters. The molecule has 2 heterocycles. The summed E-state index contributed by atoms with van der Waals surface area (Å²) in [6.07, 6.45) is 0.532. The Kier molecular flexibility index (Phi) is 4.65. The fourth-order valence-electron chi connectivity index (χ4n) is 2.78. The van der Waals surface area contributed by atoms with Crippen molar-refractivity contribution in [2.75, 3.05) is 25.5 Å². The topological polar surface area (TPSA) is 76.6 Å². The van der Waals surface area contributed by atoms with E-state index in [1.54, 1.807) is 12.0 Å². The molecule has 3 rings (SSSR count). The molecule has 25 heavy (non-hydrogen) atoms. The maximum absolute atomic E-state index is 12.2. The van der Waals surface area contributed by atoms with Crippen molar-refractivity contribution in [2.45, 2.75) is 38.8 Å². The van der Waals surface area contributed by atoms with Crippen LogP contribution in [-0.4, -0.2) is 52.8 Å². The number of benzene rings is 1. The highest BCUT2D eigenvalue weighted by molar-refractivity contribution is 5.77. The largest absolute Gasteiger partial charge is 0.478 e. The van der Waals surface area contributed by atoms with Crippen LogP contribution in [0.4, 0.5) is 10.6 Å². The molecule has 1 saturated heterocycles. The molecule has 1 fully saturated rings. The number of nitrogens with one attached hydrogen (secondary N) is 1. The third-order valence-electron chi connectivity index (χ3n) is 3.91. The van der Waals surface area contributed by atoms with Crippen LogP contribution in [0.5, 0.6) is 5.88 Å². The summed E-state index contributed by atoms with van der Waals surface area (Å²) in [7, 11) is 1.58. The van der Waals surface area contributed by atoms with E-state index in [0.717, 1.165) is 17.5 Å². The van der Waals surface area contributed by atoms with Gasteiger partial charge >= 0.3 is 6.09 Å². The van der Waals surface area contributed by atoms with Crippen molar-refractivity contribution in [3.05, 3.63) is 24.3 Å². The average molecular weight is 344 g/mol. The highest BCUT2D eigenvalue weighted by atomic mass is 16.6. The number of carbonyl (C=O) groups excluding carboxylic acids is 1. The molecule has 1 aliphatic heterocycles. The van der Waals surface area contributed by atoms with E-state index in [-0.39, 0.29) is 12.1 Å². The van der Waals surface area contributed by atoms with Gasteiger partial charge in [-0.1, -0.05) is 12.1 Å². The lowest BCUT2D eigenvalue weighted by molar-refractivity contribution is 0.0293. The number of methoxy groups -OCH3 is 1. The van der Waals surface area contributed by atoms with Gasteiger partial charge in [-0.05, 0) is 39.3 Å². The third-order valence-corrected chi connectivity index (χ3v) is 3.91. The van der Waals surface area contributed by atoms with Crippen LogP contribution in [-0.2, 0) is 4.74 Å². The number of para-hydroxylation sites is 2. The maximum atomic E-state index is 12.2. The number of fused-ring (bicyclic) bond motifs is 1. The molecule has 0 aliphatic carbocycles. The van der Waals surface area contributed by atoms with E-state index in [1.165, 1.54) is 0 Å². The first kappa shape index (κ1) is 17.3. The predicted octanol–water partition coefficient (Wildman–Crippen LogP) is 3.06. The molecule has 2 aromatic rings. The standard InChI is InChI=1S/C18H24N4O3/c1-18(2,3)25-17(23)22-10-9-12(11-22)19-15-16(24-4)21-14-8-6-5-7-13(14)20-15/h5-8,12H,9-11H2,1-4H3,(H,19,20)/t12-/m1/s1. The molecule has 0 radical (unpaired) electrons. The summed E-state index contributed by atoms with van der Waals surface area (Å²) >= 11 is 0. The molecule has 1 aliphatic rings. The quantitative estimate of drug-likeness (QED) is 0.922. The second kappa shape index (κ2) is 6.74. The SMILES string of the molecule is COc1nc2ccccc2nc1N[C@@H]1CCN(C(=O)OC(C)(C)C)C1. The number of anilines is 1. The number of likely N-dealkylation sites (tertiary alicyclic amines) is 1. The van der Waals surface area contributed by atoms with Crippen LogP contribution in [0, 0.1) is 0 Å². The van der Waals surface area contributed by atoms with E-state index in [0.29, 0.717) is 24.8 Å². The Balaban J connectivity index is 1.71. The van der Waals surface area contributed by atoms with Crippen LogP contribution >= 0.6 is 0 Å². The van der Waals surface area contributed by atoms with Crippen LogP contribution in [0.1, 0.15) is 27.2 Å². The summed E-state index contributed by atoms with van der Waals surface area (Å²) in [5.74, 6) is 1.05. The van der Waals surface area contributed by atoms with Crippen LogP contribution < -0.4 is 10.1 Å². The predicted molar refractivity (Wildman–Crippen MR) is 95.9 cm³/mol. The van der Waals surface area contributed by atoms with Crippen LogP contribution in [0.25, 0.3) is 11.0 Å². The van der Waals surface area contributed by atoms with E-state index in [4.69, 9.17) is 9.47 Å². The van der Waals surface area contributed by atoms with E-state index in [9.17, 15) is 4.79 Å². The molecule has 0 bridgehead atoms. The molecule has 1 amide bonds. The first-order valence-electron chi connectivity index (χ1n) is 8.41. The number of aromatic nitrogens is 2. The van der Waals surface area contributed by atoms with Gasteiger partial charge in [0, 0.05) is 19.1 Å². The van der Waals surface area contributed by atoms with Crippen molar-refractivity contribution in [3.63, 3.8) is 0 Å². The van der Waals surface area contributed by atoms with Crippen molar-refractivity contribution in [1.29, 1.82) is 0 Å². The number of amides is 1. The Hall–Kier alpha value is -2.57. The van der Waals surface area contributed by atoms with Gasteiger partial charge in [0.15, 0.2) is 5.82 Å². The van der Waals surface area contributed by atoms with Crippen molar-refractivity contribution < 1.29 is 14.3 Å². The number of carbonyl (C=O) groups is 1. The summed E-state index contributed by atoms with van der Waals surface area (Å²) in [4.78, 5) is 23.0. The summed E-state index contributed by atoms with van der Waals surface area (Å²) in [6.45, 7) is 6.81. The zero-order valence-corrected chi connectivity index (χ0v) is 15.1. The highest BCUT2D eigenvalue weighted by Crippen LogP contribution is 2.25. The van der Waals surface area contributed by atoms with Gasteiger partial charge in [0.1, 0.15) is 5.60 Å². The summed E-state index contributed by atoms with van der Waals surface area (Å²) < 4.78 is 10.8. The Bertz CT molecular complexity index is 772. The fraction of sp³-hybridized carbons (Fsp3) is 0.500. The summed E-state index contributed by atoms with van der Waals surface area (Å²) in [5, 5.41) is 3.35. The van der Waals surface area contributed by atoms with Gasteiger partial charge in [-0.25, -0.2) is 14.8 Å². The van der Waals surface area contributed by atoms with Crippen molar-refractivity contribution >= 4 is 22.9 Å². The lowest BCUT2D eigenvalue weighted by Gasteiger charge is -2.24. The van der Waals surface area contributed by atoms with Crippen LogP contribution in [0.15, 0.2) is 24.3 Å². The molecule has 1 N–H and O–H groups in total. The molecular formula is C18H24N4O3.